The van der Waals surface area contributed by atoms with Crippen LogP contribution < -0.4 is 11.1 Å². The van der Waals surface area contributed by atoms with Gasteiger partial charge in [0.25, 0.3) is 0 Å². The first kappa shape index (κ1) is 16.3. The second-order valence-electron chi connectivity index (χ2n) is 5.70. The number of phenolic OH excluding ortho intramolecular Hbond substituents is 1. The van der Waals surface area contributed by atoms with E-state index in [4.69, 9.17) is 10.8 Å². The summed E-state index contributed by atoms with van der Waals surface area (Å²) in [5.74, 6) is -2.05. The van der Waals surface area contributed by atoms with E-state index >= 15 is 0 Å². The molecule has 120 valence electrons. The van der Waals surface area contributed by atoms with Gasteiger partial charge in [-0.15, -0.1) is 0 Å². The molecule has 0 aromatic heterocycles. The summed E-state index contributed by atoms with van der Waals surface area (Å²) in [5.41, 5.74) is 5.73. The zero-order valence-corrected chi connectivity index (χ0v) is 12.1. The average Bonchev–Trinajstić information content (AvgIpc) is 2.91. The molecule has 1 heterocycles. The second kappa shape index (κ2) is 6.33. The fourth-order valence-corrected chi connectivity index (χ4v) is 2.84. The largest absolute Gasteiger partial charge is 0.508 e. The zero-order valence-electron chi connectivity index (χ0n) is 12.1. The molecule has 0 amide bonds. The number of phenols is 1. The van der Waals surface area contributed by atoms with Gasteiger partial charge in [-0.2, -0.15) is 0 Å². The van der Waals surface area contributed by atoms with Crippen molar-refractivity contribution in [1.29, 1.82) is 0 Å². The van der Waals surface area contributed by atoms with E-state index in [9.17, 15) is 19.8 Å². The molecular weight excluding hydrogens is 288 g/mol. The van der Waals surface area contributed by atoms with Crippen molar-refractivity contribution in [3.05, 3.63) is 29.3 Å². The highest BCUT2D eigenvalue weighted by molar-refractivity contribution is 5.80. The van der Waals surface area contributed by atoms with Crippen LogP contribution in [0.4, 0.5) is 0 Å². The molecule has 1 fully saturated rings. The number of aromatic hydroxyl groups is 1. The lowest BCUT2D eigenvalue weighted by Crippen LogP contribution is -2.49. The molecule has 0 bridgehead atoms. The number of hydrogen-bond donors (Lipinski definition) is 5. The van der Waals surface area contributed by atoms with Crippen molar-refractivity contribution in [2.45, 2.75) is 37.3 Å². The standard InChI is InChI=1S/C15H20N2O5/c16-12(13(19)20)7-9-2-3-11(18)6-10(9)8-15(14(21)22)4-1-5-17-15/h2-3,6,12,17-18H,1,4-5,7-8,16H2,(H,19,20)(H,21,22)/t12-,15-/m0/s1. The smallest absolute Gasteiger partial charge is 0.324 e. The lowest BCUT2D eigenvalue weighted by Gasteiger charge is -2.26. The van der Waals surface area contributed by atoms with Crippen LogP contribution in [0, 0.1) is 0 Å². The van der Waals surface area contributed by atoms with Crippen molar-refractivity contribution in [3.63, 3.8) is 0 Å². The average molecular weight is 308 g/mol. The van der Waals surface area contributed by atoms with E-state index in [1.54, 1.807) is 6.07 Å². The molecule has 6 N–H and O–H groups in total. The minimum Gasteiger partial charge on any atom is -0.508 e. The van der Waals surface area contributed by atoms with Gasteiger partial charge in [0.15, 0.2) is 0 Å². The Morgan fingerprint density at radius 1 is 1.32 bits per heavy atom. The van der Waals surface area contributed by atoms with Crippen LogP contribution in [-0.4, -0.2) is 45.4 Å². The highest BCUT2D eigenvalue weighted by atomic mass is 16.4. The van der Waals surface area contributed by atoms with Gasteiger partial charge in [-0.25, -0.2) is 0 Å². The maximum absolute atomic E-state index is 11.6. The molecule has 1 aliphatic heterocycles. The lowest BCUT2D eigenvalue weighted by molar-refractivity contribution is -0.144. The summed E-state index contributed by atoms with van der Waals surface area (Å²) in [5, 5.41) is 31.1. The number of rotatable bonds is 6. The third-order valence-electron chi connectivity index (χ3n) is 4.09. The Morgan fingerprint density at radius 2 is 2.05 bits per heavy atom. The van der Waals surface area contributed by atoms with Crippen LogP contribution in [0.25, 0.3) is 0 Å². The second-order valence-corrected chi connectivity index (χ2v) is 5.70. The van der Waals surface area contributed by atoms with Crippen LogP contribution in [0.1, 0.15) is 24.0 Å². The summed E-state index contributed by atoms with van der Waals surface area (Å²) in [7, 11) is 0. The van der Waals surface area contributed by atoms with Crippen LogP contribution >= 0.6 is 0 Å². The Bertz CT molecular complexity index is 581. The van der Waals surface area contributed by atoms with Crippen molar-refractivity contribution in [1.82, 2.24) is 5.32 Å². The third-order valence-corrected chi connectivity index (χ3v) is 4.09. The van der Waals surface area contributed by atoms with E-state index in [-0.39, 0.29) is 18.6 Å². The van der Waals surface area contributed by atoms with Gasteiger partial charge in [0, 0.05) is 6.42 Å². The quantitative estimate of drug-likeness (QED) is 0.503. The molecule has 22 heavy (non-hydrogen) atoms. The fourth-order valence-electron chi connectivity index (χ4n) is 2.84. The molecule has 1 aromatic rings. The number of nitrogens with two attached hydrogens (primary N) is 1. The number of nitrogens with one attached hydrogen (secondary N) is 1. The van der Waals surface area contributed by atoms with Crippen molar-refractivity contribution in [2.75, 3.05) is 6.54 Å². The monoisotopic (exact) mass is 308 g/mol. The van der Waals surface area contributed by atoms with Gasteiger partial charge >= 0.3 is 11.9 Å². The molecule has 0 unspecified atom stereocenters. The first-order valence-electron chi connectivity index (χ1n) is 7.12. The summed E-state index contributed by atoms with van der Waals surface area (Å²) in [6, 6.07) is 3.45. The molecule has 2 rings (SSSR count). The van der Waals surface area contributed by atoms with Gasteiger partial charge < -0.3 is 26.4 Å². The third kappa shape index (κ3) is 3.37. The number of hydrogen-bond acceptors (Lipinski definition) is 5. The zero-order chi connectivity index (χ0) is 16.3. The van der Waals surface area contributed by atoms with E-state index < -0.39 is 23.5 Å². The van der Waals surface area contributed by atoms with Gasteiger partial charge in [0.05, 0.1) is 0 Å². The minimum atomic E-state index is -1.12. The van der Waals surface area contributed by atoms with Crippen molar-refractivity contribution in [2.24, 2.45) is 5.73 Å². The summed E-state index contributed by atoms with van der Waals surface area (Å²) >= 11 is 0. The van der Waals surface area contributed by atoms with E-state index in [0.29, 0.717) is 24.1 Å². The molecule has 7 heteroatoms. The molecular formula is C15H20N2O5. The maximum atomic E-state index is 11.6. The minimum absolute atomic E-state index is 0.0150. The lowest BCUT2D eigenvalue weighted by atomic mass is 9.86. The molecule has 1 saturated heterocycles. The highest BCUT2D eigenvalue weighted by Crippen LogP contribution is 2.28. The van der Waals surface area contributed by atoms with Crippen LogP contribution in [0.3, 0.4) is 0 Å². The Labute approximate surface area is 127 Å². The predicted octanol–water partition coefficient (Wildman–Crippen LogP) is 0.0959. The van der Waals surface area contributed by atoms with Gasteiger partial charge in [-0.05, 0) is 49.1 Å². The van der Waals surface area contributed by atoms with Gasteiger partial charge in [0.2, 0.25) is 0 Å². The first-order chi connectivity index (χ1) is 10.3. The van der Waals surface area contributed by atoms with E-state index in [0.717, 1.165) is 6.42 Å². The molecule has 7 nitrogen and oxygen atoms in total. The summed E-state index contributed by atoms with van der Waals surface area (Å²) < 4.78 is 0. The molecule has 0 aliphatic carbocycles. The molecule has 0 saturated carbocycles. The maximum Gasteiger partial charge on any atom is 0.324 e. The normalized spacial score (nSPS) is 22.4. The number of carboxylic acids is 2. The molecule has 0 radical (unpaired) electrons. The van der Waals surface area contributed by atoms with Crippen LogP contribution in [0.2, 0.25) is 0 Å². The Morgan fingerprint density at radius 3 is 2.59 bits per heavy atom. The highest BCUT2D eigenvalue weighted by Gasteiger charge is 2.41. The molecule has 1 aliphatic rings. The molecule has 0 spiro atoms. The fraction of sp³-hybridized carbons (Fsp3) is 0.467. The SMILES string of the molecule is N[C@@H](Cc1ccc(O)cc1C[C@]1(C(=O)O)CCCN1)C(=O)O. The summed E-state index contributed by atoms with van der Waals surface area (Å²) in [4.78, 5) is 22.5. The van der Waals surface area contributed by atoms with Crippen LogP contribution in [-0.2, 0) is 22.4 Å². The first-order valence-corrected chi connectivity index (χ1v) is 7.12. The number of carbonyl (C=O) groups is 2. The molecule has 1 aromatic carbocycles. The van der Waals surface area contributed by atoms with Crippen molar-refractivity contribution in [3.8, 4) is 5.75 Å². The Balaban J connectivity index is 2.30. The van der Waals surface area contributed by atoms with Gasteiger partial charge in [-0.1, -0.05) is 6.07 Å². The van der Waals surface area contributed by atoms with Gasteiger partial charge in [-0.3, -0.25) is 9.59 Å². The van der Waals surface area contributed by atoms with E-state index in [1.807, 2.05) is 0 Å². The van der Waals surface area contributed by atoms with E-state index in [2.05, 4.69) is 5.32 Å². The molecule has 2 atom stereocenters. The Hall–Kier alpha value is -2.12. The predicted molar refractivity (Wildman–Crippen MR) is 78.7 cm³/mol. The van der Waals surface area contributed by atoms with Gasteiger partial charge in [0.1, 0.15) is 17.3 Å². The summed E-state index contributed by atoms with van der Waals surface area (Å²) in [6.45, 7) is 0.620. The number of carboxylic acid groups (broad SMARTS) is 2. The number of benzene rings is 1. The van der Waals surface area contributed by atoms with Crippen molar-refractivity contribution < 1.29 is 24.9 Å². The van der Waals surface area contributed by atoms with Crippen LogP contribution in [0.5, 0.6) is 5.75 Å². The summed E-state index contributed by atoms with van der Waals surface area (Å²) in [6.07, 6.45) is 1.51. The van der Waals surface area contributed by atoms with E-state index in [1.165, 1.54) is 12.1 Å². The van der Waals surface area contributed by atoms with Crippen molar-refractivity contribution >= 4 is 11.9 Å². The van der Waals surface area contributed by atoms with Crippen LogP contribution in [0.15, 0.2) is 18.2 Å². The number of aliphatic carboxylic acids is 2. The Kier molecular flexibility index (Phi) is 4.68. The topological polar surface area (TPSA) is 133 Å².